The van der Waals surface area contributed by atoms with Crippen molar-refractivity contribution in [1.82, 2.24) is 5.32 Å². The molecule has 0 spiro atoms. The van der Waals surface area contributed by atoms with Crippen LogP contribution >= 0.6 is 0 Å². The summed E-state index contributed by atoms with van der Waals surface area (Å²) < 4.78 is 5.15. The maximum Gasteiger partial charge on any atom is 0.371 e. The van der Waals surface area contributed by atoms with E-state index in [2.05, 4.69) is 12.2 Å². The van der Waals surface area contributed by atoms with Gasteiger partial charge in [-0.1, -0.05) is 50.6 Å². The molecule has 122 valence electrons. The van der Waals surface area contributed by atoms with Gasteiger partial charge in [0, 0.05) is 0 Å². The third-order valence-electron chi connectivity index (χ3n) is 3.96. The second kappa shape index (κ2) is 7.63. The van der Waals surface area contributed by atoms with Crippen molar-refractivity contribution in [2.24, 2.45) is 5.92 Å². The SMILES string of the molecule is CCC(C)C(C(=O)NCc1ccc(C(=O)O)o1)c1ccccc1. The topological polar surface area (TPSA) is 79.5 Å². The predicted octanol–water partition coefficient (Wildman–Crippen LogP) is 3.42. The summed E-state index contributed by atoms with van der Waals surface area (Å²) in [5.74, 6) is -0.954. The second-order valence-electron chi connectivity index (χ2n) is 5.56. The van der Waals surface area contributed by atoms with Crippen LogP contribution in [0.1, 0.15) is 48.1 Å². The van der Waals surface area contributed by atoms with Crippen molar-refractivity contribution in [2.45, 2.75) is 32.7 Å². The Balaban J connectivity index is 2.07. The van der Waals surface area contributed by atoms with Crippen LogP contribution in [0.15, 0.2) is 46.9 Å². The van der Waals surface area contributed by atoms with Crippen LogP contribution in [0, 0.1) is 5.92 Å². The zero-order chi connectivity index (χ0) is 16.8. The molecule has 23 heavy (non-hydrogen) atoms. The highest BCUT2D eigenvalue weighted by Crippen LogP contribution is 2.27. The van der Waals surface area contributed by atoms with E-state index in [4.69, 9.17) is 9.52 Å². The van der Waals surface area contributed by atoms with Gasteiger partial charge in [-0.25, -0.2) is 4.79 Å². The minimum absolute atomic E-state index is 0.0844. The van der Waals surface area contributed by atoms with Crippen LogP contribution in [0.3, 0.4) is 0 Å². The Morgan fingerprint density at radius 2 is 1.87 bits per heavy atom. The quantitative estimate of drug-likeness (QED) is 0.820. The lowest BCUT2D eigenvalue weighted by Crippen LogP contribution is -2.32. The van der Waals surface area contributed by atoms with Crippen LogP contribution < -0.4 is 5.32 Å². The van der Waals surface area contributed by atoms with E-state index in [9.17, 15) is 9.59 Å². The standard InChI is InChI=1S/C18H21NO4/c1-3-12(2)16(13-7-5-4-6-8-13)17(20)19-11-14-9-10-15(23-14)18(21)22/h4-10,12,16H,3,11H2,1-2H3,(H,19,20)(H,21,22). The maximum absolute atomic E-state index is 12.6. The van der Waals surface area contributed by atoms with Crippen molar-refractivity contribution < 1.29 is 19.1 Å². The molecule has 0 fully saturated rings. The highest BCUT2D eigenvalue weighted by molar-refractivity contribution is 5.85. The molecule has 2 rings (SSSR count). The van der Waals surface area contributed by atoms with Gasteiger partial charge in [-0.2, -0.15) is 0 Å². The molecule has 1 amide bonds. The lowest BCUT2D eigenvalue weighted by Gasteiger charge is -2.22. The average molecular weight is 315 g/mol. The zero-order valence-corrected chi connectivity index (χ0v) is 13.3. The van der Waals surface area contributed by atoms with Crippen molar-refractivity contribution >= 4 is 11.9 Å². The summed E-state index contributed by atoms with van der Waals surface area (Å²) in [5.41, 5.74) is 0.977. The van der Waals surface area contributed by atoms with E-state index in [-0.39, 0.29) is 30.0 Å². The number of hydrogen-bond donors (Lipinski definition) is 2. The van der Waals surface area contributed by atoms with Crippen molar-refractivity contribution in [1.29, 1.82) is 0 Å². The first kappa shape index (κ1) is 16.8. The molecule has 5 nitrogen and oxygen atoms in total. The third kappa shape index (κ3) is 4.22. The monoisotopic (exact) mass is 315 g/mol. The number of benzene rings is 1. The highest BCUT2D eigenvalue weighted by atomic mass is 16.4. The Morgan fingerprint density at radius 3 is 2.43 bits per heavy atom. The molecule has 2 aromatic rings. The Hall–Kier alpha value is -2.56. The summed E-state index contributed by atoms with van der Waals surface area (Å²) in [7, 11) is 0. The number of rotatable bonds is 7. The van der Waals surface area contributed by atoms with Gasteiger partial charge in [0.2, 0.25) is 11.7 Å². The molecule has 0 aliphatic carbocycles. The van der Waals surface area contributed by atoms with Gasteiger partial charge in [-0.15, -0.1) is 0 Å². The van der Waals surface area contributed by atoms with E-state index in [1.54, 1.807) is 6.07 Å². The Labute approximate surface area is 135 Å². The zero-order valence-electron chi connectivity index (χ0n) is 13.3. The summed E-state index contributed by atoms with van der Waals surface area (Å²) in [6.07, 6.45) is 0.886. The minimum atomic E-state index is -1.12. The van der Waals surface area contributed by atoms with Gasteiger partial charge >= 0.3 is 5.97 Å². The second-order valence-corrected chi connectivity index (χ2v) is 5.56. The molecule has 2 unspecified atom stereocenters. The predicted molar refractivity (Wildman–Crippen MR) is 86.2 cm³/mol. The molecule has 1 aromatic heterocycles. The fraction of sp³-hybridized carbons (Fsp3) is 0.333. The fourth-order valence-corrected chi connectivity index (χ4v) is 2.51. The molecule has 0 saturated heterocycles. The smallest absolute Gasteiger partial charge is 0.371 e. The van der Waals surface area contributed by atoms with E-state index in [1.807, 2.05) is 37.3 Å². The number of furan rings is 1. The van der Waals surface area contributed by atoms with Crippen molar-refractivity contribution in [3.8, 4) is 0 Å². The largest absolute Gasteiger partial charge is 0.475 e. The fourth-order valence-electron chi connectivity index (χ4n) is 2.51. The van der Waals surface area contributed by atoms with E-state index in [0.29, 0.717) is 5.76 Å². The summed E-state index contributed by atoms with van der Waals surface area (Å²) in [6.45, 7) is 4.28. The number of carboxylic acid groups (broad SMARTS) is 1. The first-order valence-corrected chi connectivity index (χ1v) is 7.67. The highest BCUT2D eigenvalue weighted by Gasteiger charge is 2.25. The number of nitrogens with one attached hydrogen (secondary N) is 1. The van der Waals surface area contributed by atoms with Crippen LogP contribution in [0.2, 0.25) is 0 Å². The van der Waals surface area contributed by atoms with Gasteiger partial charge < -0.3 is 14.8 Å². The molecule has 0 radical (unpaired) electrons. The number of carboxylic acids is 1. The molecule has 0 bridgehead atoms. The summed E-state index contributed by atoms with van der Waals surface area (Å²) >= 11 is 0. The molecule has 0 aliphatic rings. The first-order chi connectivity index (χ1) is 11.0. The summed E-state index contributed by atoms with van der Waals surface area (Å²) in [4.78, 5) is 23.4. The molecule has 0 aliphatic heterocycles. The number of carbonyl (C=O) groups excluding carboxylic acids is 1. The molecular formula is C18H21NO4. The normalized spacial score (nSPS) is 13.3. The lowest BCUT2D eigenvalue weighted by molar-refractivity contribution is -0.123. The molecular weight excluding hydrogens is 294 g/mol. The molecule has 1 aromatic carbocycles. The van der Waals surface area contributed by atoms with Crippen LogP contribution in [0.4, 0.5) is 0 Å². The number of amides is 1. The summed E-state index contributed by atoms with van der Waals surface area (Å²) in [5, 5.41) is 11.7. The Kier molecular flexibility index (Phi) is 5.57. The molecule has 1 heterocycles. The van der Waals surface area contributed by atoms with Crippen LogP contribution in [0.25, 0.3) is 0 Å². The number of carbonyl (C=O) groups is 2. The van der Waals surface area contributed by atoms with Crippen LogP contribution in [-0.4, -0.2) is 17.0 Å². The minimum Gasteiger partial charge on any atom is -0.475 e. The van der Waals surface area contributed by atoms with Crippen LogP contribution in [0.5, 0.6) is 0 Å². The van der Waals surface area contributed by atoms with Gasteiger partial charge in [0.05, 0.1) is 12.5 Å². The third-order valence-corrected chi connectivity index (χ3v) is 3.96. The van der Waals surface area contributed by atoms with Crippen molar-refractivity contribution in [2.75, 3.05) is 0 Å². The van der Waals surface area contributed by atoms with Gasteiger partial charge in [0.25, 0.3) is 0 Å². The van der Waals surface area contributed by atoms with Crippen molar-refractivity contribution in [3.63, 3.8) is 0 Å². The van der Waals surface area contributed by atoms with E-state index in [1.165, 1.54) is 6.07 Å². The number of hydrogen-bond acceptors (Lipinski definition) is 3. The molecule has 5 heteroatoms. The molecule has 2 N–H and O–H groups in total. The van der Waals surface area contributed by atoms with Gasteiger partial charge in [0.1, 0.15) is 5.76 Å². The first-order valence-electron chi connectivity index (χ1n) is 7.67. The maximum atomic E-state index is 12.6. The Morgan fingerprint density at radius 1 is 1.17 bits per heavy atom. The molecule has 2 atom stereocenters. The Bertz CT molecular complexity index is 663. The van der Waals surface area contributed by atoms with Gasteiger partial charge in [-0.3, -0.25) is 4.79 Å². The molecule has 0 saturated carbocycles. The number of aromatic carboxylic acids is 1. The van der Waals surface area contributed by atoms with E-state index >= 15 is 0 Å². The van der Waals surface area contributed by atoms with E-state index < -0.39 is 5.97 Å². The lowest BCUT2D eigenvalue weighted by atomic mass is 9.85. The van der Waals surface area contributed by atoms with Crippen LogP contribution in [-0.2, 0) is 11.3 Å². The van der Waals surface area contributed by atoms with Gasteiger partial charge in [-0.05, 0) is 23.6 Å². The van der Waals surface area contributed by atoms with Gasteiger partial charge in [0.15, 0.2) is 0 Å². The average Bonchev–Trinajstić information content (AvgIpc) is 3.03. The summed E-state index contributed by atoms with van der Waals surface area (Å²) in [6, 6.07) is 12.6. The van der Waals surface area contributed by atoms with Crippen molar-refractivity contribution in [3.05, 3.63) is 59.5 Å². The van der Waals surface area contributed by atoms with E-state index in [0.717, 1.165) is 12.0 Å².